The van der Waals surface area contributed by atoms with Gasteiger partial charge in [0.05, 0.1) is 26.4 Å². The van der Waals surface area contributed by atoms with Crippen LogP contribution in [0.1, 0.15) is 199 Å². The van der Waals surface area contributed by atoms with E-state index in [2.05, 4.69) is 18.8 Å². The van der Waals surface area contributed by atoms with Gasteiger partial charge in [0.1, 0.15) is 24.6 Å². The number of nitrogens with zero attached hydrogens (tertiary/aromatic N) is 2. The maximum absolute atomic E-state index is 11.4. The standard InChI is InChI=1S/C42H82N2O8S.Na/c1-3-5-7-9-11-13-15-17-19-21-23-25-27-29-33-49-38-41(51-34-30-28-26-24-22-20-18-16-14-12-10-8-6-4-2)39-50-37-40(52-53(46,47)48)35-44-32-31-43-42(44)36-45;/h31-32,40-41,45H,3-30,33-39H2,1-2H3,(H,46,47,48);/q;+1/p-1. The van der Waals surface area contributed by atoms with E-state index in [1.54, 1.807) is 10.8 Å². The number of aliphatic hydroxyl groups is 1. The average molecular weight is 797 g/mol. The Morgan fingerprint density at radius 2 is 1.00 bits per heavy atom. The minimum atomic E-state index is -4.96. The molecule has 54 heavy (non-hydrogen) atoms. The van der Waals surface area contributed by atoms with Gasteiger partial charge in [-0.15, -0.1) is 0 Å². The van der Waals surface area contributed by atoms with Crippen molar-refractivity contribution in [3.63, 3.8) is 0 Å². The fourth-order valence-corrected chi connectivity index (χ4v) is 7.24. The van der Waals surface area contributed by atoms with Gasteiger partial charge in [-0.3, -0.25) is 4.18 Å². The Hall–Kier alpha value is -0.0800. The zero-order valence-corrected chi connectivity index (χ0v) is 38.0. The number of unbranched alkanes of at least 4 members (excludes halogenated alkanes) is 26. The van der Waals surface area contributed by atoms with Gasteiger partial charge in [-0.05, 0) is 12.8 Å². The summed E-state index contributed by atoms with van der Waals surface area (Å²) in [6, 6.07) is 0. The summed E-state index contributed by atoms with van der Waals surface area (Å²) < 4.78 is 58.6. The van der Waals surface area contributed by atoms with Crippen molar-refractivity contribution in [3.8, 4) is 0 Å². The summed E-state index contributed by atoms with van der Waals surface area (Å²) >= 11 is 0. The van der Waals surface area contributed by atoms with Crippen LogP contribution in [0.2, 0.25) is 0 Å². The van der Waals surface area contributed by atoms with E-state index in [0.29, 0.717) is 25.6 Å². The van der Waals surface area contributed by atoms with Crippen molar-refractivity contribution in [1.82, 2.24) is 9.55 Å². The Balaban J connectivity index is 0.0000281. The molecule has 0 aliphatic heterocycles. The summed E-state index contributed by atoms with van der Waals surface area (Å²) in [5.41, 5.74) is 0. The monoisotopic (exact) mass is 797 g/mol. The van der Waals surface area contributed by atoms with Crippen LogP contribution >= 0.6 is 0 Å². The fraction of sp³-hybridized carbons (Fsp3) is 0.929. The van der Waals surface area contributed by atoms with Crippen molar-refractivity contribution in [2.24, 2.45) is 0 Å². The van der Waals surface area contributed by atoms with Crippen molar-refractivity contribution >= 4 is 10.4 Å². The number of hydrogen-bond donors (Lipinski definition) is 1. The molecule has 0 aromatic carbocycles. The molecule has 2 atom stereocenters. The van der Waals surface area contributed by atoms with Gasteiger partial charge >= 0.3 is 29.6 Å². The van der Waals surface area contributed by atoms with E-state index in [1.807, 2.05) is 0 Å². The Labute approximate surface area is 354 Å². The van der Waals surface area contributed by atoms with Crippen LogP contribution in [0.4, 0.5) is 0 Å². The summed E-state index contributed by atoms with van der Waals surface area (Å²) in [5, 5.41) is 9.50. The second-order valence-electron chi connectivity index (χ2n) is 15.1. The van der Waals surface area contributed by atoms with Crippen LogP contribution in [0.5, 0.6) is 0 Å². The first-order valence-corrected chi connectivity index (χ1v) is 23.2. The van der Waals surface area contributed by atoms with E-state index in [-0.39, 0.29) is 62.0 Å². The molecular weight excluding hydrogens is 716 g/mol. The van der Waals surface area contributed by atoms with Crippen LogP contribution in [0.25, 0.3) is 0 Å². The molecule has 0 aliphatic rings. The molecule has 0 aliphatic carbocycles. The minimum absolute atomic E-state index is 0. The summed E-state index contributed by atoms with van der Waals surface area (Å²) in [6.07, 6.45) is 38.3. The second kappa shape index (κ2) is 39.7. The molecule has 0 saturated heterocycles. The summed E-state index contributed by atoms with van der Waals surface area (Å²) in [6.45, 7) is 5.93. The van der Waals surface area contributed by atoms with Crippen LogP contribution in [-0.4, -0.2) is 72.9 Å². The topological polar surface area (TPSA) is 132 Å². The average Bonchev–Trinajstić information content (AvgIpc) is 3.59. The van der Waals surface area contributed by atoms with E-state index in [9.17, 15) is 18.1 Å². The summed E-state index contributed by atoms with van der Waals surface area (Å²) in [5.74, 6) is 0.341. The van der Waals surface area contributed by atoms with E-state index >= 15 is 0 Å². The molecule has 1 N–H and O–H groups in total. The van der Waals surface area contributed by atoms with Crippen molar-refractivity contribution in [1.29, 1.82) is 0 Å². The minimum Gasteiger partial charge on any atom is -0.726 e. The van der Waals surface area contributed by atoms with Crippen LogP contribution in [0.3, 0.4) is 0 Å². The number of aromatic nitrogens is 2. The van der Waals surface area contributed by atoms with Gasteiger partial charge in [-0.25, -0.2) is 13.4 Å². The normalized spacial score (nSPS) is 13.0. The third-order valence-electron chi connectivity index (χ3n) is 10.0. The molecule has 1 heterocycles. The first kappa shape index (κ1) is 53.9. The predicted molar refractivity (Wildman–Crippen MR) is 215 cm³/mol. The van der Waals surface area contributed by atoms with Crippen LogP contribution in [-0.2, 0) is 41.9 Å². The molecule has 1 aromatic heterocycles. The van der Waals surface area contributed by atoms with Gasteiger partial charge in [0.2, 0.25) is 10.4 Å². The first-order valence-electron chi connectivity index (χ1n) is 21.9. The molecule has 10 nitrogen and oxygen atoms in total. The molecule has 2 unspecified atom stereocenters. The third-order valence-corrected chi connectivity index (χ3v) is 10.5. The first-order chi connectivity index (χ1) is 25.9. The SMILES string of the molecule is CCCCCCCCCCCCCCCCOCC(COCC(Cn1ccnc1CO)OS(=O)(=O)[O-])OCCCCCCCCCCCCCCCC.[Na+]. The van der Waals surface area contributed by atoms with Crippen LogP contribution < -0.4 is 29.6 Å². The molecule has 0 spiro atoms. The third kappa shape index (κ3) is 35.1. The van der Waals surface area contributed by atoms with Gasteiger partial charge in [-0.1, -0.05) is 181 Å². The second-order valence-corrected chi connectivity index (χ2v) is 16.1. The number of aliphatic hydroxyl groups excluding tert-OH is 1. The van der Waals surface area contributed by atoms with Crippen LogP contribution in [0.15, 0.2) is 12.4 Å². The zero-order valence-electron chi connectivity index (χ0n) is 35.2. The molecule has 0 bridgehead atoms. The Morgan fingerprint density at radius 3 is 1.43 bits per heavy atom. The quantitative estimate of drug-likeness (QED) is 0.0308. The van der Waals surface area contributed by atoms with E-state index in [0.717, 1.165) is 25.7 Å². The Bertz CT molecular complexity index is 1020. The molecule has 1 aromatic rings. The smallest absolute Gasteiger partial charge is 0.726 e. The maximum Gasteiger partial charge on any atom is 1.00 e. The summed E-state index contributed by atoms with van der Waals surface area (Å²) in [7, 11) is -4.96. The molecular formula is C42H81N2NaO8S. The number of hydrogen-bond acceptors (Lipinski definition) is 9. The number of rotatable bonds is 42. The van der Waals surface area contributed by atoms with Crippen molar-refractivity contribution in [2.75, 3.05) is 33.0 Å². The van der Waals surface area contributed by atoms with E-state index in [1.165, 1.54) is 160 Å². The number of imidazole rings is 1. The van der Waals surface area contributed by atoms with Gasteiger partial charge < -0.3 is 28.4 Å². The number of ether oxygens (including phenoxy) is 3. The van der Waals surface area contributed by atoms with Crippen molar-refractivity contribution < 1.29 is 66.0 Å². The molecule has 0 saturated carbocycles. The Kier molecular flexibility index (Phi) is 39.7. The fourth-order valence-electron chi connectivity index (χ4n) is 6.79. The van der Waals surface area contributed by atoms with Gasteiger partial charge in [0.15, 0.2) is 0 Å². The van der Waals surface area contributed by atoms with Gasteiger partial charge in [-0.2, -0.15) is 0 Å². The van der Waals surface area contributed by atoms with E-state index < -0.39 is 16.5 Å². The van der Waals surface area contributed by atoms with Crippen LogP contribution in [0, 0.1) is 0 Å². The van der Waals surface area contributed by atoms with Gasteiger partial charge in [0, 0.05) is 25.6 Å². The molecule has 314 valence electrons. The molecule has 0 fully saturated rings. The van der Waals surface area contributed by atoms with Crippen molar-refractivity contribution in [2.45, 2.75) is 219 Å². The Morgan fingerprint density at radius 1 is 0.611 bits per heavy atom. The van der Waals surface area contributed by atoms with Gasteiger partial charge in [0.25, 0.3) is 0 Å². The van der Waals surface area contributed by atoms with Crippen molar-refractivity contribution in [3.05, 3.63) is 18.2 Å². The predicted octanol–water partition coefficient (Wildman–Crippen LogP) is 7.61. The zero-order chi connectivity index (χ0) is 38.5. The largest absolute Gasteiger partial charge is 1.00 e. The van der Waals surface area contributed by atoms with E-state index in [4.69, 9.17) is 18.4 Å². The summed E-state index contributed by atoms with van der Waals surface area (Å²) in [4.78, 5) is 4.03. The molecule has 0 amide bonds. The molecule has 12 heteroatoms. The molecule has 1 rings (SSSR count). The maximum atomic E-state index is 11.4. The molecule has 0 radical (unpaired) electrons.